The molecule has 32 heavy (non-hydrogen) atoms. The van der Waals surface area contributed by atoms with Crippen molar-refractivity contribution in [3.8, 4) is 11.1 Å². The van der Waals surface area contributed by atoms with E-state index in [2.05, 4.69) is 15.7 Å². The fraction of sp³-hybridized carbons (Fsp3) is 0.167. The summed E-state index contributed by atoms with van der Waals surface area (Å²) in [4.78, 5) is 37.5. The molecule has 1 atom stereocenters. The van der Waals surface area contributed by atoms with Crippen LogP contribution in [0.1, 0.15) is 23.5 Å². The zero-order chi connectivity index (χ0) is 22.8. The number of carbonyl (C=O) groups is 2. The molecule has 1 aliphatic heterocycles. The van der Waals surface area contributed by atoms with Gasteiger partial charge in [0.05, 0.1) is 5.56 Å². The van der Waals surface area contributed by atoms with Gasteiger partial charge in [0.2, 0.25) is 5.91 Å². The Bertz CT molecular complexity index is 1300. The third-order valence-corrected chi connectivity index (χ3v) is 5.49. The summed E-state index contributed by atoms with van der Waals surface area (Å²) in [6, 6.07) is 12.7. The predicted octanol–water partition coefficient (Wildman–Crippen LogP) is 3.02. The lowest BCUT2D eigenvalue weighted by atomic mass is 9.86. The van der Waals surface area contributed by atoms with Crippen LogP contribution in [0.5, 0.6) is 0 Å². The van der Waals surface area contributed by atoms with Crippen LogP contribution in [-0.4, -0.2) is 21.6 Å². The molecule has 162 valence electrons. The highest BCUT2D eigenvalue weighted by atomic mass is 19.1. The number of benzene rings is 2. The Labute approximate surface area is 183 Å². The molecule has 2 N–H and O–H groups in total. The summed E-state index contributed by atoms with van der Waals surface area (Å²) in [5, 5.41) is 9.41. The molecule has 8 heteroatoms. The van der Waals surface area contributed by atoms with Gasteiger partial charge in [-0.25, -0.2) is 9.07 Å². The second kappa shape index (κ2) is 8.58. The van der Waals surface area contributed by atoms with Crippen molar-refractivity contribution in [2.45, 2.75) is 19.3 Å². The number of halogens is 1. The van der Waals surface area contributed by atoms with Gasteiger partial charge in [-0.3, -0.25) is 14.4 Å². The maximum absolute atomic E-state index is 13.3. The van der Waals surface area contributed by atoms with Crippen molar-refractivity contribution < 1.29 is 14.0 Å². The van der Waals surface area contributed by atoms with E-state index in [0.717, 1.165) is 5.56 Å². The van der Waals surface area contributed by atoms with Crippen molar-refractivity contribution in [1.29, 1.82) is 0 Å². The molecule has 4 rings (SSSR count). The fourth-order valence-corrected chi connectivity index (χ4v) is 3.67. The minimum Gasteiger partial charge on any atom is -0.332 e. The number of aryl methyl sites for hydroxylation is 2. The molecule has 0 aliphatic carbocycles. The van der Waals surface area contributed by atoms with Crippen LogP contribution >= 0.6 is 0 Å². The molecule has 0 spiro atoms. The van der Waals surface area contributed by atoms with Crippen LogP contribution < -0.4 is 16.2 Å². The van der Waals surface area contributed by atoms with Gasteiger partial charge in [-0.1, -0.05) is 24.3 Å². The first-order valence-corrected chi connectivity index (χ1v) is 10.0. The Morgan fingerprint density at radius 2 is 1.91 bits per heavy atom. The van der Waals surface area contributed by atoms with E-state index >= 15 is 0 Å². The Morgan fingerprint density at radius 3 is 2.66 bits per heavy atom. The van der Waals surface area contributed by atoms with Gasteiger partial charge < -0.3 is 10.6 Å². The van der Waals surface area contributed by atoms with Crippen LogP contribution in [0.3, 0.4) is 0 Å². The molecule has 0 fully saturated rings. The van der Waals surface area contributed by atoms with Gasteiger partial charge in [-0.2, -0.15) is 5.10 Å². The SMILES string of the molecule is Cc1ccc(-c2ccnn(C)c2=O)cc1NC(=O)C1=CNC(=O)CC1c1ccc(F)cc1. The number of carbonyl (C=O) groups excluding carboxylic acids is 2. The first-order chi connectivity index (χ1) is 15.3. The first kappa shape index (κ1) is 21.2. The average Bonchev–Trinajstić information content (AvgIpc) is 2.77. The second-order valence-electron chi connectivity index (χ2n) is 7.63. The van der Waals surface area contributed by atoms with Crippen LogP contribution in [0.4, 0.5) is 10.1 Å². The molecule has 1 aromatic heterocycles. The number of hydrogen-bond donors (Lipinski definition) is 2. The maximum Gasteiger partial charge on any atom is 0.274 e. The van der Waals surface area contributed by atoms with Crippen LogP contribution in [0, 0.1) is 12.7 Å². The number of rotatable bonds is 4. The van der Waals surface area contributed by atoms with Crippen LogP contribution in [0.2, 0.25) is 0 Å². The van der Waals surface area contributed by atoms with Gasteiger partial charge in [0, 0.05) is 43.0 Å². The Morgan fingerprint density at radius 1 is 1.16 bits per heavy atom. The lowest BCUT2D eigenvalue weighted by Gasteiger charge is -2.24. The third-order valence-electron chi connectivity index (χ3n) is 5.49. The molecule has 0 bridgehead atoms. The summed E-state index contributed by atoms with van der Waals surface area (Å²) in [7, 11) is 1.57. The molecular formula is C24H21FN4O3. The van der Waals surface area contributed by atoms with E-state index < -0.39 is 11.7 Å². The number of nitrogens with zero attached hydrogens (tertiary/aromatic N) is 2. The fourth-order valence-electron chi connectivity index (χ4n) is 3.67. The van der Waals surface area contributed by atoms with Gasteiger partial charge in [0.1, 0.15) is 5.82 Å². The predicted molar refractivity (Wildman–Crippen MR) is 118 cm³/mol. The largest absolute Gasteiger partial charge is 0.332 e. The zero-order valence-electron chi connectivity index (χ0n) is 17.6. The van der Waals surface area contributed by atoms with Crippen molar-refractivity contribution in [2.75, 3.05) is 5.32 Å². The Kier molecular flexibility index (Phi) is 5.68. The average molecular weight is 432 g/mol. The molecule has 0 saturated carbocycles. The second-order valence-corrected chi connectivity index (χ2v) is 7.63. The lowest BCUT2D eigenvalue weighted by molar-refractivity contribution is -0.121. The van der Waals surface area contributed by atoms with Crippen LogP contribution in [0.25, 0.3) is 11.1 Å². The van der Waals surface area contributed by atoms with E-state index in [1.54, 1.807) is 31.3 Å². The molecule has 7 nitrogen and oxygen atoms in total. The highest BCUT2D eigenvalue weighted by Gasteiger charge is 2.29. The quantitative estimate of drug-likeness (QED) is 0.663. The van der Waals surface area contributed by atoms with E-state index in [1.807, 2.05) is 19.1 Å². The highest BCUT2D eigenvalue weighted by Crippen LogP contribution is 2.32. The molecule has 3 aromatic rings. The summed E-state index contributed by atoms with van der Waals surface area (Å²) in [6.45, 7) is 1.85. The summed E-state index contributed by atoms with van der Waals surface area (Å²) >= 11 is 0. The first-order valence-electron chi connectivity index (χ1n) is 10.0. The van der Waals surface area contributed by atoms with E-state index in [9.17, 15) is 18.8 Å². The summed E-state index contributed by atoms with van der Waals surface area (Å²) in [6.07, 6.45) is 3.02. The van der Waals surface area contributed by atoms with Crippen molar-refractivity contribution in [1.82, 2.24) is 15.1 Å². The normalized spacial score (nSPS) is 15.7. The molecule has 2 aromatic carbocycles. The Hall–Kier alpha value is -4.07. The summed E-state index contributed by atoms with van der Waals surface area (Å²) in [5.41, 5.74) is 3.26. The molecule has 1 aliphatic rings. The standard InChI is InChI=1S/C24H21FN4O3/c1-14-3-4-16(18-9-10-27-29(2)24(18)32)11-21(14)28-23(31)20-13-26-22(30)12-19(20)15-5-7-17(25)8-6-15/h3-11,13,19H,12H2,1-2H3,(H,26,30)(H,28,31). The van der Waals surface area contributed by atoms with E-state index in [0.29, 0.717) is 28.0 Å². The number of aromatic nitrogens is 2. The number of nitrogens with one attached hydrogen (secondary N) is 2. The van der Waals surface area contributed by atoms with Crippen molar-refractivity contribution in [2.24, 2.45) is 7.05 Å². The zero-order valence-corrected chi connectivity index (χ0v) is 17.6. The third kappa shape index (κ3) is 4.20. The minimum absolute atomic E-state index is 0.0803. The van der Waals surface area contributed by atoms with Crippen LogP contribution in [0.15, 0.2) is 71.3 Å². The van der Waals surface area contributed by atoms with Crippen molar-refractivity contribution in [3.63, 3.8) is 0 Å². The molecule has 1 unspecified atom stereocenters. The van der Waals surface area contributed by atoms with Gasteiger partial charge in [-0.15, -0.1) is 0 Å². The lowest BCUT2D eigenvalue weighted by Crippen LogP contribution is -2.32. The summed E-state index contributed by atoms with van der Waals surface area (Å²) < 4.78 is 14.6. The van der Waals surface area contributed by atoms with Gasteiger partial charge in [0.25, 0.3) is 11.5 Å². The van der Waals surface area contributed by atoms with Gasteiger partial charge in [-0.05, 0) is 47.9 Å². The van der Waals surface area contributed by atoms with Crippen molar-refractivity contribution >= 4 is 17.5 Å². The number of hydrogen-bond acceptors (Lipinski definition) is 4. The maximum atomic E-state index is 13.3. The minimum atomic E-state index is -0.500. The summed E-state index contributed by atoms with van der Waals surface area (Å²) in [5.74, 6) is -1.50. The highest BCUT2D eigenvalue weighted by molar-refractivity contribution is 6.07. The van der Waals surface area contributed by atoms with E-state index in [4.69, 9.17) is 0 Å². The smallest absolute Gasteiger partial charge is 0.274 e. The van der Waals surface area contributed by atoms with E-state index in [1.165, 1.54) is 29.2 Å². The Balaban J connectivity index is 1.65. The molecule has 2 heterocycles. The van der Waals surface area contributed by atoms with Gasteiger partial charge >= 0.3 is 0 Å². The molecule has 0 radical (unpaired) electrons. The molecule has 0 saturated heterocycles. The molecule has 2 amide bonds. The molecular weight excluding hydrogens is 411 g/mol. The number of amides is 2. The van der Waals surface area contributed by atoms with Gasteiger partial charge in [0.15, 0.2) is 0 Å². The van der Waals surface area contributed by atoms with Crippen molar-refractivity contribution in [3.05, 3.63) is 93.8 Å². The van der Waals surface area contributed by atoms with Crippen LogP contribution in [-0.2, 0) is 16.6 Å². The monoisotopic (exact) mass is 432 g/mol. The topological polar surface area (TPSA) is 93.1 Å². The van der Waals surface area contributed by atoms with E-state index in [-0.39, 0.29) is 23.8 Å². The number of anilines is 1.